The Bertz CT molecular complexity index is 1380. The molecule has 0 bridgehead atoms. The Kier molecular flexibility index (Phi) is 35.6. The second-order valence-electron chi connectivity index (χ2n) is 6.12. The third-order valence-corrected chi connectivity index (χ3v) is 4.77. The molecule has 1 aromatic heterocycles. The third kappa shape index (κ3) is 19.9. The van der Waals surface area contributed by atoms with Gasteiger partial charge in [-0.1, -0.05) is 33.1 Å². The number of amides is 1. The molecule has 1 N–H and O–H groups in total. The van der Waals surface area contributed by atoms with E-state index in [4.69, 9.17) is 9.90 Å². The van der Waals surface area contributed by atoms with Crippen LogP contribution in [-0.4, -0.2) is 70.7 Å². The number of aliphatic carboxylic acids is 1. The van der Waals surface area contributed by atoms with E-state index in [1.807, 2.05) is 0 Å². The number of carbonyl (C=O) groups excluding carboxylic acids is 3. The van der Waals surface area contributed by atoms with Crippen LogP contribution in [0.1, 0.15) is 26.1 Å². The molecule has 40 heavy (non-hydrogen) atoms. The number of hydrogen-bond donors (Lipinski definition) is 1. The minimum atomic E-state index is -4.90. The maximum atomic E-state index is 12.1. The number of carboxylic acid groups (broad SMARTS) is 2. The maximum absolute atomic E-state index is 12.1. The summed E-state index contributed by atoms with van der Waals surface area (Å²) in [6.07, 6.45) is 5.96. The van der Waals surface area contributed by atoms with Crippen molar-refractivity contribution in [1.29, 1.82) is 0 Å². The summed E-state index contributed by atoms with van der Waals surface area (Å²) in [6, 6.07) is 0. The molecule has 2 heterocycles. The zero-order chi connectivity index (χ0) is 26.3. The predicted octanol–water partition coefficient (Wildman–Crippen LogP) is -15.4. The van der Waals surface area contributed by atoms with Gasteiger partial charge in [0.25, 0.3) is 11.5 Å². The van der Waals surface area contributed by atoms with Gasteiger partial charge in [-0.05, 0) is 19.1 Å². The van der Waals surface area contributed by atoms with Crippen LogP contribution in [0, 0.1) is 6.92 Å². The molecular formula is C18H22K4N4O12S2. The van der Waals surface area contributed by atoms with Gasteiger partial charge in [0.15, 0.2) is 0 Å². The Morgan fingerprint density at radius 1 is 0.950 bits per heavy atom. The molecule has 0 saturated carbocycles. The van der Waals surface area contributed by atoms with Crippen molar-refractivity contribution in [2.45, 2.75) is 27.7 Å². The summed E-state index contributed by atoms with van der Waals surface area (Å²) in [7, 11) is -9.60. The van der Waals surface area contributed by atoms with Crippen LogP contribution in [0.15, 0.2) is 39.8 Å². The fraction of sp³-hybridized carbons (Fsp3) is 0.278. The van der Waals surface area contributed by atoms with Gasteiger partial charge in [-0.25, -0.2) is 26.5 Å². The fourth-order valence-corrected chi connectivity index (χ4v) is 3.40. The van der Waals surface area contributed by atoms with E-state index >= 15 is 0 Å². The minimum Gasteiger partial charge on any atom is -0.747 e. The van der Waals surface area contributed by atoms with Gasteiger partial charge in [0, 0.05) is 12.2 Å². The number of carboxylic acids is 1. The van der Waals surface area contributed by atoms with E-state index < -0.39 is 67.2 Å². The quantitative estimate of drug-likeness (QED) is 0.0868. The molecule has 0 atom stereocenters. The van der Waals surface area contributed by atoms with Crippen LogP contribution in [0.2, 0.25) is 0 Å². The zero-order valence-electron chi connectivity index (χ0n) is 20.9. The van der Waals surface area contributed by atoms with Gasteiger partial charge in [0.1, 0.15) is 37.7 Å². The molecule has 1 amide bonds. The van der Waals surface area contributed by atoms with E-state index in [0.29, 0.717) is 4.68 Å². The van der Waals surface area contributed by atoms with Crippen molar-refractivity contribution < 1.29 is 256 Å². The first-order chi connectivity index (χ1) is 15.6. The Labute approximate surface area is 401 Å². The summed E-state index contributed by atoms with van der Waals surface area (Å²) in [5, 5.41) is 25.2. The standard InChI is InChI=1S/C15H16N4O10S2.CH2O2.2CH4.4K/c1-9-10(13(20)18(16-9)7-30(24,25)26)5-3-2-4-6-11-12(15(22)23)17-19(14(11)21)8-31(27,28)29;2-1-3;;;;;;/h2-6,16H,7-8H2,1H3,(H,22,23)(H,24,25,26)(H,27,28,29);1H,(H,2,3);2*1H4;;;;/q;;;;4*+1/p-4. The molecule has 0 saturated heterocycles. The van der Waals surface area contributed by atoms with Crippen molar-refractivity contribution in [3.8, 4) is 0 Å². The summed E-state index contributed by atoms with van der Waals surface area (Å²) >= 11 is 0. The van der Waals surface area contributed by atoms with Crippen LogP contribution in [0.4, 0.5) is 0 Å². The van der Waals surface area contributed by atoms with Crippen LogP contribution in [0.3, 0.4) is 0 Å². The summed E-state index contributed by atoms with van der Waals surface area (Å²) in [4.78, 5) is 43.5. The van der Waals surface area contributed by atoms with Crippen molar-refractivity contribution in [2.75, 3.05) is 5.88 Å². The number of carbonyl (C=O) groups is 3. The van der Waals surface area contributed by atoms with Gasteiger partial charge in [0.05, 0.1) is 17.1 Å². The van der Waals surface area contributed by atoms with Gasteiger partial charge in [0.2, 0.25) is 0 Å². The number of H-pyrrole nitrogens is 1. The summed E-state index contributed by atoms with van der Waals surface area (Å²) in [5.74, 6) is -5.45. The number of hydrazone groups is 1. The second-order valence-corrected chi connectivity index (χ2v) is 8.87. The van der Waals surface area contributed by atoms with Gasteiger partial charge < -0.3 is 28.9 Å². The number of nitrogens with one attached hydrogen (secondary N) is 1. The molecule has 0 aromatic carbocycles. The van der Waals surface area contributed by atoms with Gasteiger partial charge >= 0.3 is 206 Å². The molecule has 0 spiro atoms. The molecular weight excluding hydrogens is 685 g/mol. The van der Waals surface area contributed by atoms with E-state index in [2.05, 4.69) is 10.2 Å². The van der Waals surface area contributed by atoms with Crippen LogP contribution >= 0.6 is 0 Å². The second kappa shape index (κ2) is 25.8. The first-order valence-electron chi connectivity index (χ1n) is 8.50. The zero-order valence-corrected chi connectivity index (χ0v) is 35.1. The Balaban J connectivity index is -0.000000307. The SMILES string of the molecule is C.C.Cc1[nH]n(CS(=O)(=O)[O-])c(=O)c1C=CC=CC=C1C(=O)N(CS(=O)(=O)[O-])N=C1C(=O)[O-].O=C[O-].[K+].[K+].[K+].[K+]. The van der Waals surface area contributed by atoms with E-state index in [-0.39, 0.29) is 237 Å². The molecule has 2 rings (SSSR count). The van der Waals surface area contributed by atoms with Crippen LogP contribution in [0.5, 0.6) is 0 Å². The number of rotatable bonds is 8. The molecule has 16 nitrogen and oxygen atoms in total. The number of allylic oxidation sites excluding steroid dienone is 4. The number of hydrogen-bond acceptors (Lipinski definition) is 13. The van der Waals surface area contributed by atoms with E-state index in [9.17, 15) is 45.4 Å². The molecule has 1 aliphatic rings. The average Bonchev–Trinajstić information content (AvgIpc) is 3.10. The average molecular weight is 707 g/mol. The first-order valence-corrected chi connectivity index (χ1v) is 11.7. The van der Waals surface area contributed by atoms with Crippen molar-refractivity contribution in [2.24, 2.45) is 5.10 Å². The molecule has 1 aliphatic heterocycles. The van der Waals surface area contributed by atoms with E-state index in [1.165, 1.54) is 31.2 Å². The van der Waals surface area contributed by atoms with Crippen molar-refractivity contribution in [3.05, 3.63) is 51.5 Å². The van der Waals surface area contributed by atoms with E-state index in [1.54, 1.807) is 0 Å². The normalized spacial score (nSPS) is 13.3. The largest absolute Gasteiger partial charge is 1.00 e. The molecule has 0 unspecified atom stereocenters. The van der Waals surface area contributed by atoms with Crippen LogP contribution < -0.4 is 221 Å². The molecule has 22 heteroatoms. The first kappa shape index (κ1) is 55.1. The van der Waals surface area contributed by atoms with Gasteiger partial charge in [-0.15, -0.1) is 0 Å². The number of aryl methyl sites for hydroxylation is 1. The summed E-state index contributed by atoms with van der Waals surface area (Å²) < 4.78 is 65.3. The Morgan fingerprint density at radius 3 is 1.85 bits per heavy atom. The fourth-order valence-electron chi connectivity index (χ4n) is 2.43. The number of aromatic nitrogens is 2. The van der Waals surface area contributed by atoms with Gasteiger partial charge in [-0.2, -0.15) is 5.10 Å². The molecule has 1 aromatic rings. The van der Waals surface area contributed by atoms with Crippen molar-refractivity contribution >= 4 is 50.4 Å². The Morgan fingerprint density at radius 2 is 1.43 bits per heavy atom. The topological polar surface area (TPSA) is 265 Å². The smallest absolute Gasteiger partial charge is 0.747 e. The molecule has 0 radical (unpaired) electrons. The van der Waals surface area contributed by atoms with Crippen molar-refractivity contribution in [3.63, 3.8) is 0 Å². The van der Waals surface area contributed by atoms with Crippen LogP contribution in [-0.2, 0) is 40.5 Å². The maximum Gasteiger partial charge on any atom is 1.00 e. The number of aromatic amines is 1. The predicted molar refractivity (Wildman–Crippen MR) is 119 cm³/mol. The molecule has 0 aliphatic carbocycles. The molecule has 0 fully saturated rings. The Hall–Kier alpha value is 2.68. The van der Waals surface area contributed by atoms with E-state index in [0.717, 1.165) is 6.08 Å². The minimum absolute atomic E-state index is 0. The van der Waals surface area contributed by atoms with Gasteiger partial charge in [-0.3, -0.25) is 14.7 Å². The summed E-state index contributed by atoms with van der Waals surface area (Å²) in [5.41, 5.74) is -1.86. The monoisotopic (exact) mass is 706 g/mol. The third-order valence-electron chi connectivity index (χ3n) is 3.63. The molecule has 202 valence electrons. The van der Waals surface area contributed by atoms with Crippen molar-refractivity contribution in [1.82, 2.24) is 14.8 Å². The number of nitrogens with zero attached hydrogens (tertiary/aromatic N) is 3. The summed E-state index contributed by atoms with van der Waals surface area (Å²) in [6.45, 7) is 0.957. The van der Waals surface area contributed by atoms with Crippen LogP contribution in [0.25, 0.3) is 6.08 Å².